The van der Waals surface area contributed by atoms with Crippen molar-refractivity contribution in [1.29, 1.82) is 0 Å². The summed E-state index contributed by atoms with van der Waals surface area (Å²) in [5.74, 6) is 0.316. The Hall–Kier alpha value is -1.40. The summed E-state index contributed by atoms with van der Waals surface area (Å²) >= 11 is 5.74. The van der Waals surface area contributed by atoms with Crippen molar-refractivity contribution in [2.24, 2.45) is 0 Å². The van der Waals surface area contributed by atoms with Crippen LogP contribution in [0.2, 0.25) is 5.02 Å². The highest BCUT2D eigenvalue weighted by Gasteiger charge is 2.24. The second-order valence-electron chi connectivity index (χ2n) is 3.92. The summed E-state index contributed by atoms with van der Waals surface area (Å²) < 4.78 is 10.1. The van der Waals surface area contributed by atoms with Crippen LogP contribution in [0.1, 0.15) is 6.42 Å². The molecule has 1 aliphatic rings. The molecule has 7 heteroatoms. The maximum absolute atomic E-state index is 11.2. The van der Waals surface area contributed by atoms with Crippen molar-refractivity contribution in [2.45, 2.75) is 12.5 Å². The molecule has 0 N–H and O–H groups in total. The van der Waals surface area contributed by atoms with E-state index in [1.54, 1.807) is 12.4 Å². The number of ether oxygens (including phenoxy) is 2. The number of anilines is 1. The predicted octanol–water partition coefficient (Wildman–Crippen LogP) is 0.898. The first-order chi connectivity index (χ1) is 8.69. The molecule has 1 saturated heterocycles. The lowest BCUT2D eigenvalue weighted by Gasteiger charge is -2.32. The topological polar surface area (TPSA) is 64.5 Å². The number of halogens is 1. The zero-order valence-corrected chi connectivity index (χ0v) is 10.8. The van der Waals surface area contributed by atoms with Crippen LogP contribution in [0.25, 0.3) is 0 Å². The molecule has 6 nitrogen and oxygen atoms in total. The Kier molecular flexibility index (Phi) is 4.33. The van der Waals surface area contributed by atoms with Gasteiger partial charge in [0.1, 0.15) is 0 Å². The summed E-state index contributed by atoms with van der Waals surface area (Å²) in [6.07, 6.45) is 3.15. The standard InChI is InChI=1S/C11H14ClN3O3/c1-17-10(16)4-9-7-15(2-3-18-9)11-13-5-8(12)6-14-11/h5-6,9H,2-4,7H2,1H3. The van der Waals surface area contributed by atoms with E-state index < -0.39 is 0 Å². The lowest BCUT2D eigenvalue weighted by atomic mass is 10.2. The Balaban J connectivity index is 1.98. The van der Waals surface area contributed by atoms with Crippen LogP contribution in [0.3, 0.4) is 0 Å². The van der Waals surface area contributed by atoms with Gasteiger partial charge >= 0.3 is 5.97 Å². The molecule has 2 rings (SSSR count). The molecule has 0 radical (unpaired) electrons. The third kappa shape index (κ3) is 3.30. The highest BCUT2D eigenvalue weighted by atomic mass is 35.5. The maximum Gasteiger partial charge on any atom is 0.308 e. The molecular formula is C11H14ClN3O3. The molecule has 0 aromatic carbocycles. The molecule has 0 amide bonds. The Morgan fingerprint density at radius 1 is 1.61 bits per heavy atom. The monoisotopic (exact) mass is 271 g/mol. The Bertz CT molecular complexity index is 412. The van der Waals surface area contributed by atoms with Crippen molar-refractivity contribution >= 4 is 23.5 Å². The summed E-state index contributed by atoms with van der Waals surface area (Å²) in [6, 6.07) is 0. The Morgan fingerprint density at radius 2 is 2.33 bits per heavy atom. The van der Waals surface area contributed by atoms with Crippen molar-refractivity contribution < 1.29 is 14.3 Å². The van der Waals surface area contributed by atoms with Crippen molar-refractivity contribution in [2.75, 3.05) is 31.7 Å². The number of aromatic nitrogens is 2. The van der Waals surface area contributed by atoms with Crippen LogP contribution < -0.4 is 4.90 Å². The second kappa shape index (κ2) is 5.97. The van der Waals surface area contributed by atoms with E-state index >= 15 is 0 Å². The average molecular weight is 272 g/mol. The van der Waals surface area contributed by atoms with E-state index in [0.717, 1.165) is 0 Å². The number of carbonyl (C=O) groups excluding carboxylic acids is 1. The quantitative estimate of drug-likeness (QED) is 0.761. The first-order valence-electron chi connectivity index (χ1n) is 5.60. The highest BCUT2D eigenvalue weighted by Crippen LogP contribution is 2.16. The number of esters is 1. The van der Waals surface area contributed by atoms with Gasteiger partial charge in [0.25, 0.3) is 0 Å². The van der Waals surface area contributed by atoms with Crippen LogP contribution >= 0.6 is 11.6 Å². The summed E-state index contributed by atoms with van der Waals surface area (Å²) in [4.78, 5) is 21.5. The van der Waals surface area contributed by atoms with Gasteiger partial charge in [0.05, 0.1) is 43.7 Å². The van der Waals surface area contributed by atoms with Crippen LogP contribution in [-0.4, -0.2) is 48.8 Å². The molecule has 0 aliphatic carbocycles. The van der Waals surface area contributed by atoms with Gasteiger partial charge in [0.2, 0.25) is 5.95 Å². The SMILES string of the molecule is COC(=O)CC1CN(c2ncc(Cl)cn2)CCO1. The van der Waals surface area contributed by atoms with Crippen molar-refractivity contribution in [1.82, 2.24) is 9.97 Å². The molecule has 1 aliphatic heterocycles. The van der Waals surface area contributed by atoms with Gasteiger partial charge in [-0.2, -0.15) is 0 Å². The van der Waals surface area contributed by atoms with Gasteiger partial charge in [-0.15, -0.1) is 0 Å². The van der Waals surface area contributed by atoms with E-state index in [1.807, 2.05) is 4.90 Å². The van der Waals surface area contributed by atoms with Gasteiger partial charge in [0.15, 0.2) is 0 Å². The number of rotatable bonds is 3. The van der Waals surface area contributed by atoms with Crippen LogP contribution in [-0.2, 0) is 14.3 Å². The van der Waals surface area contributed by atoms with Gasteiger partial charge in [-0.05, 0) is 0 Å². The lowest BCUT2D eigenvalue weighted by molar-refractivity contribution is -0.144. The molecule has 1 atom stereocenters. The van der Waals surface area contributed by atoms with E-state index in [9.17, 15) is 4.79 Å². The molecular weight excluding hydrogens is 258 g/mol. The van der Waals surface area contributed by atoms with Gasteiger partial charge in [-0.25, -0.2) is 9.97 Å². The summed E-state index contributed by atoms with van der Waals surface area (Å²) in [5, 5.41) is 0.498. The number of hydrogen-bond donors (Lipinski definition) is 0. The molecule has 1 aromatic rings. The molecule has 0 bridgehead atoms. The van der Waals surface area contributed by atoms with Crippen LogP contribution in [0.5, 0.6) is 0 Å². The number of carbonyl (C=O) groups is 1. The number of nitrogens with zero attached hydrogens (tertiary/aromatic N) is 3. The molecule has 18 heavy (non-hydrogen) atoms. The number of hydrogen-bond acceptors (Lipinski definition) is 6. The Labute approximate surface area is 110 Å². The summed E-state index contributed by atoms with van der Waals surface area (Å²) in [5.41, 5.74) is 0. The zero-order valence-electron chi connectivity index (χ0n) is 10.0. The predicted molar refractivity (Wildman–Crippen MR) is 65.6 cm³/mol. The van der Waals surface area contributed by atoms with E-state index in [1.165, 1.54) is 7.11 Å². The van der Waals surface area contributed by atoms with Crippen LogP contribution in [0.4, 0.5) is 5.95 Å². The minimum Gasteiger partial charge on any atom is -0.469 e. The fourth-order valence-corrected chi connectivity index (χ4v) is 1.86. The largest absolute Gasteiger partial charge is 0.469 e. The molecule has 2 heterocycles. The first-order valence-corrected chi connectivity index (χ1v) is 5.97. The minimum atomic E-state index is -0.279. The normalized spacial score (nSPS) is 19.7. The van der Waals surface area contributed by atoms with Crippen LogP contribution in [0.15, 0.2) is 12.4 Å². The number of morpholine rings is 1. The van der Waals surface area contributed by atoms with E-state index in [2.05, 4.69) is 14.7 Å². The fourth-order valence-electron chi connectivity index (χ4n) is 1.76. The van der Waals surface area contributed by atoms with E-state index in [4.69, 9.17) is 16.3 Å². The molecule has 1 fully saturated rings. The first kappa shape index (κ1) is 13.0. The molecule has 98 valence electrons. The lowest BCUT2D eigenvalue weighted by Crippen LogP contribution is -2.44. The summed E-state index contributed by atoms with van der Waals surface area (Å²) in [6.45, 7) is 1.80. The third-order valence-electron chi connectivity index (χ3n) is 2.65. The van der Waals surface area contributed by atoms with E-state index in [0.29, 0.717) is 30.7 Å². The van der Waals surface area contributed by atoms with Crippen molar-refractivity contribution in [3.63, 3.8) is 0 Å². The smallest absolute Gasteiger partial charge is 0.308 e. The zero-order chi connectivity index (χ0) is 13.0. The highest BCUT2D eigenvalue weighted by molar-refractivity contribution is 6.30. The third-order valence-corrected chi connectivity index (χ3v) is 2.85. The molecule has 1 aromatic heterocycles. The van der Waals surface area contributed by atoms with Gasteiger partial charge < -0.3 is 14.4 Å². The molecule has 0 saturated carbocycles. The number of methoxy groups -OCH3 is 1. The van der Waals surface area contributed by atoms with Gasteiger partial charge in [-0.3, -0.25) is 4.79 Å². The van der Waals surface area contributed by atoms with E-state index in [-0.39, 0.29) is 18.5 Å². The molecule has 0 spiro atoms. The van der Waals surface area contributed by atoms with Crippen molar-refractivity contribution in [3.8, 4) is 0 Å². The summed E-state index contributed by atoms with van der Waals surface area (Å²) in [7, 11) is 1.37. The fraction of sp³-hybridized carbons (Fsp3) is 0.545. The van der Waals surface area contributed by atoms with Crippen LogP contribution in [0, 0.1) is 0 Å². The van der Waals surface area contributed by atoms with Gasteiger partial charge in [0, 0.05) is 13.1 Å². The second-order valence-corrected chi connectivity index (χ2v) is 4.36. The Morgan fingerprint density at radius 3 is 3.00 bits per heavy atom. The van der Waals surface area contributed by atoms with Gasteiger partial charge in [-0.1, -0.05) is 11.6 Å². The molecule has 1 unspecified atom stereocenters. The average Bonchev–Trinajstić information content (AvgIpc) is 2.40. The van der Waals surface area contributed by atoms with Crippen molar-refractivity contribution in [3.05, 3.63) is 17.4 Å². The maximum atomic E-state index is 11.2. The minimum absolute atomic E-state index is 0.189.